The number of nitrogens with zero attached hydrogens (tertiary/aromatic N) is 4. The minimum absolute atomic E-state index is 0.136. The molecular formula is C24H23ClN4O4. The molecule has 0 saturated carbocycles. The highest BCUT2D eigenvalue weighted by molar-refractivity contribution is 6.33. The summed E-state index contributed by atoms with van der Waals surface area (Å²) in [6, 6.07) is 16.7. The molecular weight excluding hydrogens is 444 g/mol. The van der Waals surface area contributed by atoms with Crippen LogP contribution in [0.3, 0.4) is 0 Å². The summed E-state index contributed by atoms with van der Waals surface area (Å²) in [4.78, 5) is 29.6. The molecule has 0 spiro atoms. The van der Waals surface area contributed by atoms with Gasteiger partial charge in [0.05, 0.1) is 16.9 Å². The van der Waals surface area contributed by atoms with E-state index in [4.69, 9.17) is 21.1 Å². The van der Waals surface area contributed by atoms with E-state index >= 15 is 0 Å². The molecule has 1 fully saturated rings. The zero-order chi connectivity index (χ0) is 22.9. The summed E-state index contributed by atoms with van der Waals surface area (Å²) in [6.07, 6.45) is -0.692. The van der Waals surface area contributed by atoms with Crippen LogP contribution in [-0.4, -0.2) is 70.3 Å². The number of aromatic nitrogens is 2. The first-order chi connectivity index (χ1) is 16.0. The summed E-state index contributed by atoms with van der Waals surface area (Å²) in [5, 5.41) is 4.75. The van der Waals surface area contributed by atoms with Crippen LogP contribution in [0.15, 0.2) is 54.6 Å². The van der Waals surface area contributed by atoms with Crippen LogP contribution in [0.2, 0.25) is 5.15 Å². The topological polar surface area (TPSA) is 76.9 Å². The summed E-state index contributed by atoms with van der Waals surface area (Å²) < 4.78 is 13.1. The number of benzene rings is 2. The molecule has 3 aromatic rings. The average molecular weight is 467 g/mol. The predicted octanol–water partition coefficient (Wildman–Crippen LogP) is 2.96. The van der Waals surface area contributed by atoms with Gasteiger partial charge >= 0.3 is 0 Å². The Hall–Kier alpha value is -3.52. The molecule has 3 heterocycles. The van der Waals surface area contributed by atoms with Crippen molar-refractivity contribution in [2.45, 2.75) is 13.0 Å². The number of hydrogen-bond donors (Lipinski definition) is 0. The van der Waals surface area contributed by atoms with E-state index in [1.807, 2.05) is 48.5 Å². The fourth-order valence-corrected chi connectivity index (χ4v) is 4.47. The molecule has 2 aliphatic rings. The largest absolute Gasteiger partial charge is 0.485 e. The van der Waals surface area contributed by atoms with Crippen molar-refractivity contribution in [2.24, 2.45) is 0 Å². The van der Waals surface area contributed by atoms with Crippen molar-refractivity contribution in [1.29, 1.82) is 0 Å². The smallest absolute Gasteiger partial charge is 0.267 e. The molecule has 170 valence electrons. The Labute approximate surface area is 196 Å². The highest BCUT2D eigenvalue weighted by Crippen LogP contribution is 2.31. The third-order valence-electron chi connectivity index (χ3n) is 5.88. The van der Waals surface area contributed by atoms with Gasteiger partial charge in [0, 0.05) is 26.2 Å². The second-order valence-corrected chi connectivity index (χ2v) is 8.34. The normalized spacial score (nSPS) is 17.7. The van der Waals surface area contributed by atoms with Crippen molar-refractivity contribution in [2.75, 3.05) is 32.8 Å². The van der Waals surface area contributed by atoms with Crippen LogP contribution < -0.4 is 9.47 Å². The molecule has 0 N–H and O–H groups in total. The second-order valence-electron chi connectivity index (χ2n) is 7.98. The van der Waals surface area contributed by atoms with Crippen molar-refractivity contribution in [3.63, 3.8) is 0 Å². The molecule has 2 amide bonds. The number of fused-ring (bicyclic) bond motifs is 1. The lowest BCUT2D eigenvalue weighted by Gasteiger charge is -2.37. The third kappa shape index (κ3) is 4.02. The minimum atomic E-state index is -0.692. The van der Waals surface area contributed by atoms with E-state index in [0.29, 0.717) is 48.9 Å². The van der Waals surface area contributed by atoms with E-state index in [2.05, 4.69) is 5.10 Å². The van der Waals surface area contributed by atoms with Crippen molar-refractivity contribution < 1.29 is 19.1 Å². The van der Waals surface area contributed by atoms with Crippen molar-refractivity contribution in [1.82, 2.24) is 19.6 Å². The first kappa shape index (κ1) is 21.3. The monoisotopic (exact) mass is 466 g/mol. The molecule has 1 saturated heterocycles. The lowest BCUT2D eigenvalue weighted by Crippen LogP contribution is -2.55. The number of aryl methyl sites for hydroxylation is 1. The van der Waals surface area contributed by atoms with Gasteiger partial charge in [-0.1, -0.05) is 41.9 Å². The number of carbonyl (C=O) groups excluding carboxylic acids is 2. The Bertz CT molecular complexity index is 1190. The lowest BCUT2D eigenvalue weighted by atomic mass is 10.2. The van der Waals surface area contributed by atoms with Crippen LogP contribution in [0.1, 0.15) is 16.1 Å². The Kier molecular flexibility index (Phi) is 5.68. The predicted molar refractivity (Wildman–Crippen MR) is 122 cm³/mol. The zero-order valence-corrected chi connectivity index (χ0v) is 18.9. The van der Waals surface area contributed by atoms with Gasteiger partial charge in [-0.25, -0.2) is 4.68 Å². The molecule has 8 nitrogen and oxygen atoms in total. The van der Waals surface area contributed by atoms with Gasteiger partial charge in [-0.15, -0.1) is 0 Å². The fourth-order valence-electron chi connectivity index (χ4n) is 4.12. The summed E-state index contributed by atoms with van der Waals surface area (Å²) in [7, 11) is 0. The summed E-state index contributed by atoms with van der Waals surface area (Å²) >= 11 is 6.56. The number of halogens is 1. The number of para-hydroxylation sites is 3. The second kappa shape index (κ2) is 8.78. The fraction of sp³-hybridized carbons (Fsp3) is 0.292. The van der Waals surface area contributed by atoms with Crippen LogP contribution >= 0.6 is 11.6 Å². The quantitative estimate of drug-likeness (QED) is 0.593. The Morgan fingerprint density at radius 3 is 2.30 bits per heavy atom. The molecule has 0 aliphatic carbocycles. The van der Waals surface area contributed by atoms with Crippen LogP contribution in [0.25, 0.3) is 5.69 Å². The van der Waals surface area contributed by atoms with E-state index < -0.39 is 6.10 Å². The van der Waals surface area contributed by atoms with Crippen LogP contribution in [0.4, 0.5) is 0 Å². The number of ether oxygens (including phenoxy) is 2. The summed E-state index contributed by atoms with van der Waals surface area (Å²) in [5.74, 6) is 0.886. The van der Waals surface area contributed by atoms with Gasteiger partial charge in [-0.2, -0.15) is 5.10 Å². The first-order valence-corrected chi connectivity index (χ1v) is 11.2. The molecule has 1 atom stereocenters. The maximum atomic E-state index is 13.2. The zero-order valence-electron chi connectivity index (χ0n) is 18.1. The Balaban J connectivity index is 1.24. The van der Waals surface area contributed by atoms with Gasteiger partial charge in [0.1, 0.15) is 11.8 Å². The van der Waals surface area contributed by atoms with Gasteiger partial charge in [0.2, 0.25) is 6.10 Å². The molecule has 1 unspecified atom stereocenters. The number of rotatable bonds is 3. The molecule has 2 aliphatic heterocycles. The van der Waals surface area contributed by atoms with Crippen molar-refractivity contribution in [3.05, 3.63) is 71.0 Å². The molecule has 33 heavy (non-hydrogen) atoms. The average Bonchev–Trinajstić information content (AvgIpc) is 3.17. The standard InChI is InChI=1S/C24H23ClN4O4/c1-16-21(22(25)29(26-16)17-7-3-2-4-8-17)24(31)28-13-11-27(12-14-28)23(30)20-15-32-18-9-5-6-10-19(18)33-20/h2-10,20H,11-15H2,1H3. The Morgan fingerprint density at radius 1 is 0.939 bits per heavy atom. The number of carbonyl (C=O) groups is 2. The Morgan fingerprint density at radius 2 is 1.58 bits per heavy atom. The minimum Gasteiger partial charge on any atom is -0.485 e. The van der Waals surface area contributed by atoms with E-state index in [0.717, 1.165) is 5.69 Å². The first-order valence-electron chi connectivity index (χ1n) is 10.8. The van der Waals surface area contributed by atoms with Crippen molar-refractivity contribution >= 4 is 23.4 Å². The number of piperazine rings is 1. The highest BCUT2D eigenvalue weighted by atomic mass is 35.5. The van der Waals surface area contributed by atoms with E-state index in [1.54, 1.807) is 27.5 Å². The molecule has 5 rings (SSSR count). The van der Waals surface area contributed by atoms with E-state index in [1.165, 1.54) is 0 Å². The van der Waals surface area contributed by atoms with Gasteiger partial charge in [0.25, 0.3) is 11.8 Å². The summed E-state index contributed by atoms with van der Waals surface area (Å²) in [6.45, 7) is 3.58. The van der Waals surface area contributed by atoms with Crippen LogP contribution in [-0.2, 0) is 4.79 Å². The van der Waals surface area contributed by atoms with Gasteiger partial charge in [-0.3, -0.25) is 9.59 Å². The molecule has 9 heteroatoms. The lowest BCUT2D eigenvalue weighted by molar-refractivity contribution is -0.142. The van der Waals surface area contributed by atoms with Crippen molar-refractivity contribution in [3.8, 4) is 17.2 Å². The van der Waals surface area contributed by atoms with Crippen LogP contribution in [0, 0.1) is 6.92 Å². The maximum Gasteiger partial charge on any atom is 0.267 e. The number of hydrogen-bond acceptors (Lipinski definition) is 5. The van der Waals surface area contributed by atoms with Gasteiger partial charge in [0.15, 0.2) is 11.5 Å². The van der Waals surface area contributed by atoms with E-state index in [-0.39, 0.29) is 23.6 Å². The molecule has 2 aromatic carbocycles. The third-order valence-corrected chi connectivity index (χ3v) is 6.23. The highest BCUT2D eigenvalue weighted by Gasteiger charge is 2.34. The number of amides is 2. The maximum absolute atomic E-state index is 13.2. The van der Waals surface area contributed by atoms with Crippen LogP contribution in [0.5, 0.6) is 11.5 Å². The van der Waals surface area contributed by atoms with Gasteiger partial charge in [-0.05, 0) is 31.2 Å². The summed E-state index contributed by atoms with van der Waals surface area (Å²) in [5.41, 5.74) is 1.75. The van der Waals surface area contributed by atoms with Gasteiger partial charge < -0.3 is 19.3 Å². The SMILES string of the molecule is Cc1nn(-c2ccccc2)c(Cl)c1C(=O)N1CCN(C(=O)C2COc3ccccc3O2)CC1. The molecule has 1 aromatic heterocycles. The molecule has 0 radical (unpaired) electrons. The molecule has 0 bridgehead atoms. The van der Waals surface area contributed by atoms with E-state index in [9.17, 15) is 9.59 Å².